The smallest absolute Gasteiger partial charge is 0.393 e. The highest BCUT2D eigenvalue weighted by molar-refractivity contribution is 7.99. The maximum Gasteiger partial charge on any atom is 0.417 e. The van der Waals surface area contributed by atoms with Crippen LogP contribution in [0, 0.1) is 10.1 Å². The lowest BCUT2D eigenvalue weighted by atomic mass is 10.3. The van der Waals surface area contributed by atoms with Gasteiger partial charge in [-0.05, 0) is 24.3 Å². The van der Waals surface area contributed by atoms with Crippen molar-refractivity contribution < 1.29 is 18.1 Å². The van der Waals surface area contributed by atoms with Gasteiger partial charge in [0.05, 0.1) is 15.4 Å². The molecule has 9 heteroatoms. The number of nitrogens with two attached hydrogens (primary N) is 1. The summed E-state index contributed by atoms with van der Waals surface area (Å²) in [5.41, 5.74) is 4.35. The van der Waals surface area contributed by atoms with E-state index in [4.69, 9.17) is 5.73 Å². The molecule has 0 fully saturated rings. The Labute approximate surface area is 121 Å². The highest BCUT2D eigenvalue weighted by Crippen LogP contribution is 2.38. The standard InChI is InChI=1S/C12H8F3N3O2S/c13-12(14,15)7-4-5-10(17-6-7)21-9-3-1-2-8(16)11(9)18(19)20/h1-6H,16H2. The topological polar surface area (TPSA) is 82.0 Å². The Morgan fingerprint density at radius 2 is 1.95 bits per heavy atom. The molecule has 1 aromatic heterocycles. The summed E-state index contributed by atoms with van der Waals surface area (Å²) in [6, 6.07) is 6.38. The molecule has 5 nitrogen and oxygen atoms in total. The number of rotatable bonds is 3. The Bertz CT molecular complexity index is 674. The second-order valence-corrected chi connectivity index (χ2v) is 5.00. The summed E-state index contributed by atoms with van der Waals surface area (Å²) in [4.78, 5) is 14.2. The Balaban J connectivity index is 2.31. The summed E-state index contributed by atoms with van der Waals surface area (Å²) in [5, 5.41) is 11.2. The van der Waals surface area contributed by atoms with E-state index in [0.717, 1.165) is 23.9 Å². The number of nitro benzene ring substituents is 1. The molecule has 0 atom stereocenters. The first kappa shape index (κ1) is 15.1. The van der Waals surface area contributed by atoms with E-state index in [2.05, 4.69) is 4.98 Å². The van der Waals surface area contributed by atoms with Crippen molar-refractivity contribution in [1.82, 2.24) is 4.98 Å². The van der Waals surface area contributed by atoms with E-state index in [1.165, 1.54) is 18.2 Å². The fourth-order valence-corrected chi connectivity index (χ4v) is 2.44. The van der Waals surface area contributed by atoms with Crippen molar-refractivity contribution in [1.29, 1.82) is 0 Å². The van der Waals surface area contributed by atoms with Crippen molar-refractivity contribution in [3.8, 4) is 0 Å². The van der Waals surface area contributed by atoms with Crippen LogP contribution in [0.1, 0.15) is 5.56 Å². The molecule has 0 aliphatic rings. The van der Waals surface area contributed by atoms with Crippen LogP contribution in [-0.4, -0.2) is 9.91 Å². The summed E-state index contributed by atoms with van der Waals surface area (Å²) >= 11 is 0.876. The van der Waals surface area contributed by atoms with E-state index < -0.39 is 16.7 Å². The minimum atomic E-state index is -4.47. The molecule has 0 bridgehead atoms. The zero-order valence-corrected chi connectivity index (χ0v) is 11.1. The molecule has 0 aliphatic carbocycles. The number of aromatic nitrogens is 1. The predicted molar refractivity (Wildman–Crippen MR) is 70.9 cm³/mol. The third-order valence-electron chi connectivity index (χ3n) is 2.49. The molecule has 110 valence electrons. The number of nitro groups is 1. The van der Waals surface area contributed by atoms with Crippen LogP contribution in [-0.2, 0) is 6.18 Å². The molecule has 21 heavy (non-hydrogen) atoms. The van der Waals surface area contributed by atoms with Crippen LogP contribution in [0.4, 0.5) is 24.5 Å². The van der Waals surface area contributed by atoms with E-state index in [0.29, 0.717) is 6.20 Å². The Kier molecular flexibility index (Phi) is 4.03. The lowest BCUT2D eigenvalue weighted by Crippen LogP contribution is -2.05. The lowest BCUT2D eigenvalue weighted by molar-refractivity contribution is -0.386. The highest BCUT2D eigenvalue weighted by atomic mass is 32.2. The number of alkyl halides is 3. The maximum absolute atomic E-state index is 12.4. The van der Waals surface area contributed by atoms with Gasteiger partial charge in [0.25, 0.3) is 0 Å². The third kappa shape index (κ3) is 3.43. The van der Waals surface area contributed by atoms with Gasteiger partial charge in [-0.25, -0.2) is 4.98 Å². The molecule has 0 saturated carbocycles. The second kappa shape index (κ2) is 5.60. The molecule has 2 N–H and O–H groups in total. The normalized spacial score (nSPS) is 11.4. The first-order valence-electron chi connectivity index (χ1n) is 5.53. The van der Waals surface area contributed by atoms with Gasteiger partial charge >= 0.3 is 11.9 Å². The highest BCUT2D eigenvalue weighted by Gasteiger charge is 2.30. The van der Waals surface area contributed by atoms with E-state index >= 15 is 0 Å². The van der Waals surface area contributed by atoms with Gasteiger partial charge in [0.15, 0.2) is 0 Å². The van der Waals surface area contributed by atoms with Crippen LogP contribution in [0.3, 0.4) is 0 Å². The maximum atomic E-state index is 12.4. The van der Waals surface area contributed by atoms with Crippen LogP contribution >= 0.6 is 11.8 Å². The van der Waals surface area contributed by atoms with Gasteiger partial charge in [0.1, 0.15) is 10.7 Å². The Hall–Kier alpha value is -2.29. The average molecular weight is 315 g/mol. The number of halogens is 3. The number of pyridine rings is 1. The minimum Gasteiger partial charge on any atom is -0.393 e. The SMILES string of the molecule is Nc1cccc(Sc2ccc(C(F)(F)F)cn2)c1[N+](=O)[O-]. The van der Waals surface area contributed by atoms with Gasteiger partial charge in [-0.15, -0.1) is 0 Å². The van der Waals surface area contributed by atoms with Crippen LogP contribution < -0.4 is 5.73 Å². The van der Waals surface area contributed by atoms with Gasteiger partial charge < -0.3 is 5.73 Å². The monoisotopic (exact) mass is 315 g/mol. The van der Waals surface area contributed by atoms with Gasteiger partial charge in [-0.3, -0.25) is 10.1 Å². The number of nitrogen functional groups attached to an aromatic ring is 1. The number of para-hydroxylation sites is 1. The molecule has 0 radical (unpaired) electrons. The molecule has 1 aromatic carbocycles. The third-order valence-corrected chi connectivity index (χ3v) is 3.49. The second-order valence-electron chi connectivity index (χ2n) is 3.94. The van der Waals surface area contributed by atoms with Gasteiger partial charge in [-0.1, -0.05) is 17.8 Å². The summed E-state index contributed by atoms with van der Waals surface area (Å²) in [5.74, 6) is 0. The summed E-state index contributed by atoms with van der Waals surface area (Å²) < 4.78 is 37.3. The van der Waals surface area contributed by atoms with Crippen molar-refractivity contribution >= 4 is 23.1 Å². The number of benzene rings is 1. The van der Waals surface area contributed by atoms with Gasteiger partial charge in [-0.2, -0.15) is 13.2 Å². The van der Waals surface area contributed by atoms with Gasteiger partial charge in [0, 0.05) is 6.20 Å². The quantitative estimate of drug-likeness (QED) is 0.530. The molecule has 0 amide bonds. The first-order chi connectivity index (χ1) is 9.79. The molecule has 0 unspecified atom stereocenters. The summed E-state index contributed by atoms with van der Waals surface area (Å²) in [6.07, 6.45) is -3.79. The van der Waals surface area contributed by atoms with Crippen molar-refractivity contribution in [2.45, 2.75) is 16.1 Å². The van der Waals surface area contributed by atoms with Crippen molar-refractivity contribution in [2.75, 3.05) is 5.73 Å². The fourth-order valence-electron chi connectivity index (χ4n) is 1.54. The fraction of sp³-hybridized carbons (Fsp3) is 0.0833. The largest absolute Gasteiger partial charge is 0.417 e. The summed E-state index contributed by atoms with van der Waals surface area (Å²) in [6.45, 7) is 0. The lowest BCUT2D eigenvalue weighted by Gasteiger charge is -2.07. The minimum absolute atomic E-state index is 0.0167. The van der Waals surface area contributed by atoms with Crippen molar-refractivity contribution in [3.05, 3.63) is 52.2 Å². The van der Waals surface area contributed by atoms with E-state index in [-0.39, 0.29) is 21.3 Å². The van der Waals surface area contributed by atoms with Crippen LogP contribution in [0.5, 0.6) is 0 Å². The van der Waals surface area contributed by atoms with E-state index in [1.807, 2.05) is 0 Å². The summed E-state index contributed by atoms with van der Waals surface area (Å²) in [7, 11) is 0. The Morgan fingerprint density at radius 3 is 2.48 bits per heavy atom. The number of hydrogen-bond acceptors (Lipinski definition) is 5. The molecule has 0 saturated heterocycles. The molecule has 2 rings (SSSR count). The van der Waals surface area contributed by atoms with Crippen LogP contribution in [0.15, 0.2) is 46.5 Å². The molecule has 0 spiro atoms. The predicted octanol–water partition coefficient (Wildman–Crippen LogP) is 3.74. The number of anilines is 1. The van der Waals surface area contributed by atoms with Crippen molar-refractivity contribution in [3.63, 3.8) is 0 Å². The van der Waals surface area contributed by atoms with Crippen LogP contribution in [0.25, 0.3) is 0 Å². The van der Waals surface area contributed by atoms with E-state index in [9.17, 15) is 23.3 Å². The van der Waals surface area contributed by atoms with E-state index in [1.54, 1.807) is 0 Å². The zero-order chi connectivity index (χ0) is 15.6. The zero-order valence-electron chi connectivity index (χ0n) is 10.3. The van der Waals surface area contributed by atoms with Gasteiger partial charge in [0.2, 0.25) is 0 Å². The number of hydrogen-bond donors (Lipinski definition) is 1. The van der Waals surface area contributed by atoms with Crippen molar-refractivity contribution in [2.24, 2.45) is 0 Å². The first-order valence-corrected chi connectivity index (χ1v) is 6.34. The molecular weight excluding hydrogens is 307 g/mol. The van der Waals surface area contributed by atoms with Crippen LogP contribution in [0.2, 0.25) is 0 Å². The molecule has 1 heterocycles. The average Bonchev–Trinajstić information content (AvgIpc) is 2.38. The molecule has 2 aromatic rings. The molecular formula is C12H8F3N3O2S. The molecule has 0 aliphatic heterocycles. The Morgan fingerprint density at radius 1 is 1.24 bits per heavy atom. The number of nitrogens with zero attached hydrogens (tertiary/aromatic N) is 2.